The zero-order valence-electron chi connectivity index (χ0n) is 44.1. The van der Waals surface area contributed by atoms with Gasteiger partial charge in [0, 0.05) is 60.8 Å². The molecule has 8 aromatic rings. The number of amides is 3. The van der Waals surface area contributed by atoms with Crippen molar-refractivity contribution in [2.24, 2.45) is 5.92 Å². The number of rotatable bonds is 20. The monoisotopic (exact) mass is 1140 g/mol. The molecule has 21 heteroatoms. The molecular formula is C60H57F2N5O12P2. The van der Waals surface area contributed by atoms with Crippen LogP contribution < -0.4 is 15.4 Å². The third kappa shape index (κ3) is 13.1. The smallest absolute Gasteiger partial charge is 0.332 e. The number of hydrogen-bond acceptors (Lipinski definition) is 12. The Morgan fingerprint density at radius 3 is 1.75 bits per heavy atom. The number of phenols is 1. The number of nitrogens with zero attached hydrogens (tertiary/aromatic N) is 3. The van der Waals surface area contributed by atoms with E-state index in [0.29, 0.717) is 33.8 Å². The maximum absolute atomic E-state index is 14.4. The number of hydrogen-bond donors (Lipinski definition) is 5. The van der Waals surface area contributed by atoms with Crippen molar-refractivity contribution < 1.29 is 65.8 Å². The van der Waals surface area contributed by atoms with E-state index in [1.165, 1.54) is 30.5 Å². The highest BCUT2D eigenvalue weighted by Gasteiger charge is 2.40. The molecule has 0 fully saturated rings. The summed E-state index contributed by atoms with van der Waals surface area (Å²) in [6.07, 6.45) is 2.37. The van der Waals surface area contributed by atoms with Crippen LogP contribution in [-0.2, 0) is 44.1 Å². The molecule has 5 N–H and O–H groups in total. The minimum atomic E-state index is -4.30. The van der Waals surface area contributed by atoms with Crippen LogP contribution in [0.4, 0.5) is 8.78 Å². The Balaban J connectivity index is 0.000000214. The third-order valence-corrected chi connectivity index (χ3v) is 16.7. The molecule has 1 atom stereocenters. The predicted octanol–water partition coefficient (Wildman–Crippen LogP) is 10.3. The minimum absolute atomic E-state index is 0.0161. The standard InChI is InChI=1S/C38H37FN3O6P.C22H20FN2O6P/c1-3-46-49(45,47-4-2)23-22-41-37(43)32-30-16-11-21-40-34(30)36(48-35(27-12-7-5-8-13-27)28-14-9-6-10-15-28)33-31(32)25-42(38(33)44)24-26-17-19-29(39)20-18-26;23-14-5-3-12(4-6-14)10-13-11-16-17(22(28)25-8-9-32(29,30)31)15-2-1-7-24-19(15)21(27)18(16)20(13)26/h5-21,35H,3-4,22-25H2,1-2H3,(H,41,43);1-7,13,27H,8-11H2,(H,25,28)(H2,29,30,31). The summed E-state index contributed by atoms with van der Waals surface area (Å²) in [5.41, 5.74) is 5.22. The van der Waals surface area contributed by atoms with E-state index in [1.54, 1.807) is 73.5 Å². The van der Waals surface area contributed by atoms with Gasteiger partial charge in [0.2, 0.25) is 0 Å². The van der Waals surface area contributed by atoms with Gasteiger partial charge >= 0.3 is 15.2 Å². The third-order valence-electron chi connectivity index (χ3n) is 13.8. The lowest BCUT2D eigenvalue weighted by molar-refractivity contribution is 0.0760. The predicted molar refractivity (Wildman–Crippen MR) is 299 cm³/mol. The van der Waals surface area contributed by atoms with Gasteiger partial charge in [-0.05, 0) is 90.9 Å². The first kappa shape index (κ1) is 57.7. The molecule has 2 aromatic heterocycles. The summed E-state index contributed by atoms with van der Waals surface area (Å²) in [6, 6.07) is 37.8. The lowest BCUT2D eigenvalue weighted by atomic mass is 9.95. The molecule has 0 radical (unpaired) electrons. The van der Waals surface area contributed by atoms with Crippen molar-refractivity contribution in [2.45, 2.75) is 45.9 Å². The molecule has 1 aliphatic heterocycles. The quantitative estimate of drug-likeness (QED) is 0.0446. The number of nitrogens with one attached hydrogen (secondary N) is 2. The van der Waals surface area contributed by atoms with Gasteiger partial charge in [0.1, 0.15) is 28.8 Å². The lowest BCUT2D eigenvalue weighted by Crippen LogP contribution is -2.28. The summed E-state index contributed by atoms with van der Waals surface area (Å²) < 4.78 is 68.8. The molecular weight excluding hydrogens is 1080 g/mol. The van der Waals surface area contributed by atoms with Crippen LogP contribution in [0.2, 0.25) is 0 Å². The highest BCUT2D eigenvalue weighted by Crippen LogP contribution is 2.48. The SMILES string of the molecule is CCOP(=O)(CCNC(=O)c1c2c(c(OC(c3ccccc3)c3ccccc3)c3ncccc13)C(=O)N(Cc1ccc(F)cc1)C2)OCC.O=C(NCCP(=O)(O)O)c1c2c(c(O)c3ncccc13)C(=O)C(Cc1ccc(F)cc1)C2. The van der Waals surface area contributed by atoms with Crippen molar-refractivity contribution in [1.82, 2.24) is 25.5 Å². The van der Waals surface area contributed by atoms with E-state index in [9.17, 15) is 42.2 Å². The number of ketones is 1. The number of carbonyl (C=O) groups is 4. The summed E-state index contributed by atoms with van der Waals surface area (Å²) in [6.45, 7) is 3.91. The second kappa shape index (κ2) is 25.2. The maximum Gasteiger partial charge on any atom is 0.332 e. The molecule has 10 rings (SSSR count). The molecule has 1 unspecified atom stereocenters. The van der Waals surface area contributed by atoms with Crippen LogP contribution in [0.5, 0.6) is 11.5 Å². The van der Waals surface area contributed by atoms with E-state index < -0.39 is 45.2 Å². The summed E-state index contributed by atoms with van der Waals surface area (Å²) in [7, 11) is -7.71. The molecule has 0 bridgehead atoms. The fourth-order valence-electron chi connectivity index (χ4n) is 10.2. The number of pyridine rings is 2. The van der Waals surface area contributed by atoms with Crippen LogP contribution >= 0.6 is 15.2 Å². The first-order valence-electron chi connectivity index (χ1n) is 26.1. The molecule has 2 aliphatic rings. The van der Waals surface area contributed by atoms with Crippen molar-refractivity contribution in [3.05, 3.63) is 213 Å². The molecule has 3 amide bonds. The Hall–Kier alpha value is -8.02. The average molecular weight is 1140 g/mol. The van der Waals surface area contributed by atoms with Gasteiger partial charge in [0.05, 0.1) is 47.8 Å². The van der Waals surface area contributed by atoms with E-state index in [2.05, 4.69) is 20.6 Å². The van der Waals surface area contributed by atoms with E-state index in [1.807, 2.05) is 60.7 Å². The van der Waals surface area contributed by atoms with Crippen molar-refractivity contribution in [1.29, 1.82) is 0 Å². The van der Waals surface area contributed by atoms with E-state index in [0.717, 1.165) is 22.3 Å². The number of aromatic hydroxyl groups is 1. The van der Waals surface area contributed by atoms with Crippen molar-refractivity contribution in [2.75, 3.05) is 38.6 Å². The van der Waals surface area contributed by atoms with Gasteiger partial charge in [-0.25, -0.2) is 8.78 Å². The van der Waals surface area contributed by atoms with E-state index in [-0.39, 0.29) is 115 Å². The maximum atomic E-state index is 14.4. The van der Waals surface area contributed by atoms with Gasteiger partial charge in [0.15, 0.2) is 17.3 Å². The second-order valence-corrected chi connectivity index (χ2v) is 23.2. The normalized spacial score (nSPS) is 14.0. The van der Waals surface area contributed by atoms with Crippen LogP contribution in [0.1, 0.15) is 94.8 Å². The Bertz CT molecular complexity index is 3690. The number of Topliss-reactive ketones (excluding diaryl/α,β-unsaturated/α-hetero) is 1. The van der Waals surface area contributed by atoms with Gasteiger partial charge in [-0.1, -0.05) is 97.1 Å². The van der Waals surface area contributed by atoms with Crippen LogP contribution in [0.3, 0.4) is 0 Å². The molecule has 0 saturated heterocycles. The zero-order valence-corrected chi connectivity index (χ0v) is 45.9. The van der Waals surface area contributed by atoms with Crippen LogP contribution in [0.25, 0.3) is 21.8 Å². The fourth-order valence-corrected chi connectivity index (χ4v) is 12.1. The van der Waals surface area contributed by atoms with Gasteiger partial charge < -0.3 is 44.2 Å². The highest BCUT2D eigenvalue weighted by atomic mass is 31.2. The summed E-state index contributed by atoms with van der Waals surface area (Å²) in [5.74, 6) is -3.09. The Morgan fingerprint density at radius 1 is 0.679 bits per heavy atom. The average Bonchev–Trinajstić information content (AvgIpc) is 3.01. The molecule has 17 nitrogen and oxygen atoms in total. The molecule has 0 spiro atoms. The van der Waals surface area contributed by atoms with Gasteiger partial charge in [-0.3, -0.25) is 38.3 Å². The summed E-state index contributed by atoms with van der Waals surface area (Å²) in [4.78, 5) is 83.1. The second-order valence-electron chi connectivity index (χ2n) is 19.2. The number of aromatic nitrogens is 2. The fraction of sp³-hybridized carbons (Fsp3) is 0.233. The van der Waals surface area contributed by atoms with Crippen LogP contribution in [0.15, 0.2) is 146 Å². The number of benzene rings is 6. The molecule has 1 aliphatic carbocycles. The Morgan fingerprint density at radius 2 is 1.20 bits per heavy atom. The summed E-state index contributed by atoms with van der Waals surface area (Å²) >= 11 is 0. The molecule has 0 saturated carbocycles. The van der Waals surface area contributed by atoms with E-state index in [4.69, 9.17) is 23.6 Å². The number of halogens is 2. The highest BCUT2D eigenvalue weighted by molar-refractivity contribution is 7.53. The Labute approximate surface area is 465 Å². The first-order valence-corrected chi connectivity index (χ1v) is 29.6. The van der Waals surface area contributed by atoms with Crippen molar-refractivity contribution >= 4 is 60.5 Å². The summed E-state index contributed by atoms with van der Waals surface area (Å²) in [5, 5.41) is 17.0. The minimum Gasteiger partial charge on any atom is -0.505 e. The van der Waals surface area contributed by atoms with Crippen LogP contribution in [-0.4, -0.2) is 91.9 Å². The Kier molecular flexibility index (Phi) is 17.9. The number of carbonyl (C=O) groups excluding carboxylic acids is 4. The largest absolute Gasteiger partial charge is 0.505 e. The number of ether oxygens (including phenoxy) is 1. The number of fused-ring (bicyclic) bond motifs is 4. The lowest BCUT2D eigenvalue weighted by Gasteiger charge is -2.23. The van der Waals surface area contributed by atoms with Crippen molar-refractivity contribution in [3.8, 4) is 11.5 Å². The van der Waals surface area contributed by atoms with Gasteiger partial charge in [-0.15, -0.1) is 0 Å². The molecule has 6 aromatic carbocycles. The van der Waals surface area contributed by atoms with Crippen LogP contribution in [0, 0.1) is 17.6 Å². The molecule has 81 heavy (non-hydrogen) atoms. The van der Waals surface area contributed by atoms with Gasteiger partial charge in [0.25, 0.3) is 17.7 Å². The van der Waals surface area contributed by atoms with Crippen molar-refractivity contribution in [3.63, 3.8) is 0 Å². The molecule has 3 heterocycles. The van der Waals surface area contributed by atoms with Gasteiger partial charge in [-0.2, -0.15) is 0 Å². The molecule has 418 valence electrons. The first-order chi connectivity index (χ1) is 39.0. The topological polar surface area (TPSA) is 244 Å². The van der Waals surface area contributed by atoms with E-state index >= 15 is 0 Å². The number of phenolic OH excluding ortho intramolecular Hbond substituents is 1. The zero-order chi connectivity index (χ0) is 57.4.